The molecule has 30 heavy (non-hydrogen) atoms. The van der Waals surface area contributed by atoms with E-state index in [0.717, 1.165) is 60.0 Å². The molecule has 158 valence electrons. The summed E-state index contributed by atoms with van der Waals surface area (Å²) in [6.45, 7) is 5.90. The van der Waals surface area contributed by atoms with Gasteiger partial charge in [-0.25, -0.2) is 9.97 Å². The van der Waals surface area contributed by atoms with Crippen molar-refractivity contribution in [3.8, 4) is 17.1 Å². The van der Waals surface area contributed by atoms with Gasteiger partial charge in [0.25, 0.3) is 0 Å². The monoisotopic (exact) mass is 407 g/mol. The van der Waals surface area contributed by atoms with Gasteiger partial charge in [-0.05, 0) is 50.9 Å². The van der Waals surface area contributed by atoms with Gasteiger partial charge < -0.3 is 14.2 Å². The molecule has 0 radical (unpaired) electrons. The molecule has 0 N–H and O–H groups in total. The van der Waals surface area contributed by atoms with Gasteiger partial charge in [0.2, 0.25) is 5.95 Å². The van der Waals surface area contributed by atoms with Crippen molar-refractivity contribution in [1.29, 1.82) is 0 Å². The van der Waals surface area contributed by atoms with Crippen molar-refractivity contribution < 1.29 is 9.26 Å². The topological polar surface area (TPSA) is 67.5 Å². The highest BCUT2D eigenvalue weighted by Crippen LogP contribution is 2.39. The largest absolute Gasteiger partial charge is 0.497 e. The van der Waals surface area contributed by atoms with Crippen LogP contribution < -0.4 is 9.64 Å². The molecule has 0 spiro atoms. The molecular weight excluding hydrogens is 378 g/mol. The van der Waals surface area contributed by atoms with Crippen molar-refractivity contribution in [3.63, 3.8) is 0 Å². The highest BCUT2D eigenvalue weighted by molar-refractivity contribution is 5.65. The molecule has 1 saturated heterocycles. The van der Waals surface area contributed by atoms with Crippen LogP contribution in [0.2, 0.25) is 0 Å². The number of hydrogen-bond acceptors (Lipinski definition) is 7. The van der Waals surface area contributed by atoms with E-state index < -0.39 is 0 Å². The summed E-state index contributed by atoms with van der Waals surface area (Å²) < 4.78 is 11.0. The van der Waals surface area contributed by atoms with Crippen LogP contribution >= 0.6 is 0 Å². The van der Waals surface area contributed by atoms with Gasteiger partial charge in [0.1, 0.15) is 5.75 Å². The summed E-state index contributed by atoms with van der Waals surface area (Å²) in [5.41, 5.74) is 5.15. The van der Waals surface area contributed by atoms with Crippen LogP contribution in [0.25, 0.3) is 11.3 Å². The van der Waals surface area contributed by atoms with E-state index in [1.54, 1.807) is 7.11 Å². The molecule has 0 bridgehead atoms. The average molecular weight is 408 g/mol. The first-order chi connectivity index (χ1) is 14.5. The van der Waals surface area contributed by atoms with E-state index >= 15 is 0 Å². The van der Waals surface area contributed by atoms with Crippen molar-refractivity contribution in [2.24, 2.45) is 0 Å². The Hall–Kier alpha value is -2.93. The Morgan fingerprint density at radius 1 is 1.20 bits per heavy atom. The summed E-state index contributed by atoms with van der Waals surface area (Å²) in [5.74, 6) is 2.35. The van der Waals surface area contributed by atoms with Gasteiger partial charge >= 0.3 is 0 Å². The van der Waals surface area contributed by atoms with Gasteiger partial charge in [-0.15, -0.1) is 0 Å². The first-order valence-corrected chi connectivity index (χ1v) is 10.3. The Balaban J connectivity index is 1.71. The molecular formula is C23H29N5O2. The maximum absolute atomic E-state index is 5.68. The Kier molecular flexibility index (Phi) is 5.72. The van der Waals surface area contributed by atoms with Crippen LogP contribution in [0.4, 0.5) is 5.95 Å². The van der Waals surface area contributed by atoms with Gasteiger partial charge in [0.15, 0.2) is 5.76 Å². The fourth-order valence-electron chi connectivity index (χ4n) is 3.99. The zero-order chi connectivity index (χ0) is 21.3. The van der Waals surface area contributed by atoms with E-state index in [0.29, 0.717) is 5.95 Å². The number of nitrogens with zero attached hydrogens (tertiary/aromatic N) is 5. The van der Waals surface area contributed by atoms with Crippen LogP contribution in [0.1, 0.15) is 41.4 Å². The van der Waals surface area contributed by atoms with Crippen molar-refractivity contribution in [1.82, 2.24) is 20.0 Å². The summed E-state index contributed by atoms with van der Waals surface area (Å²) in [7, 11) is 5.62. The maximum Gasteiger partial charge on any atom is 0.225 e. The first kappa shape index (κ1) is 20.3. The number of ether oxygens (including phenoxy) is 1. The van der Waals surface area contributed by atoms with Crippen molar-refractivity contribution in [2.75, 3.05) is 32.6 Å². The van der Waals surface area contributed by atoms with Crippen LogP contribution in [0, 0.1) is 13.8 Å². The number of likely N-dealkylation sites (tertiary alicyclic amines) is 1. The van der Waals surface area contributed by atoms with Crippen LogP contribution in [-0.2, 0) is 6.54 Å². The lowest BCUT2D eigenvalue weighted by Gasteiger charge is -2.26. The number of benzene rings is 1. The molecule has 1 aliphatic heterocycles. The van der Waals surface area contributed by atoms with E-state index in [2.05, 4.69) is 27.2 Å². The molecule has 0 amide bonds. The number of anilines is 1. The number of aryl methyl sites for hydroxylation is 1. The molecule has 3 heterocycles. The van der Waals surface area contributed by atoms with E-state index in [9.17, 15) is 0 Å². The predicted octanol–water partition coefficient (Wildman–Crippen LogP) is 4.16. The van der Waals surface area contributed by atoms with E-state index in [1.165, 1.54) is 5.56 Å². The van der Waals surface area contributed by atoms with Crippen molar-refractivity contribution in [3.05, 3.63) is 53.0 Å². The third-order valence-electron chi connectivity index (χ3n) is 5.83. The maximum atomic E-state index is 5.68. The summed E-state index contributed by atoms with van der Waals surface area (Å²) in [4.78, 5) is 14.0. The normalized spacial score (nSPS) is 16.8. The Morgan fingerprint density at radius 3 is 2.60 bits per heavy atom. The molecule has 4 rings (SSSR count). The molecule has 2 aromatic heterocycles. The molecule has 0 saturated carbocycles. The average Bonchev–Trinajstić information content (AvgIpc) is 3.34. The van der Waals surface area contributed by atoms with Gasteiger partial charge in [0, 0.05) is 32.4 Å². The van der Waals surface area contributed by atoms with Gasteiger partial charge in [0.05, 0.1) is 30.1 Å². The van der Waals surface area contributed by atoms with Crippen LogP contribution in [0.15, 0.2) is 35.0 Å². The van der Waals surface area contributed by atoms with E-state index in [4.69, 9.17) is 14.2 Å². The molecule has 1 aromatic carbocycles. The minimum Gasteiger partial charge on any atom is -0.497 e. The van der Waals surface area contributed by atoms with Crippen molar-refractivity contribution >= 4 is 5.95 Å². The summed E-state index contributed by atoms with van der Waals surface area (Å²) in [6.07, 6.45) is 4.07. The van der Waals surface area contributed by atoms with Gasteiger partial charge in [-0.2, -0.15) is 0 Å². The fourth-order valence-corrected chi connectivity index (χ4v) is 3.99. The minimum absolute atomic E-state index is 0.202. The SMILES string of the molecule is COc1ccc(CN2CCC[C@H]2c2nc(N(C)C)ncc2-c2onc(C)c2C)cc1. The molecule has 1 atom stereocenters. The smallest absolute Gasteiger partial charge is 0.225 e. The lowest BCUT2D eigenvalue weighted by molar-refractivity contribution is 0.244. The predicted molar refractivity (Wildman–Crippen MR) is 117 cm³/mol. The Morgan fingerprint density at radius 2 is 1.97 bits per heavy atom. The standard InChI is InChI=1S/C23H29N5O2/c1-15-16(2)26-30-22(15)19-13-24-23(27(3)4)25-21(19)20-7-6-12-28(20)14-17-8-10-18(29-5)11-9-17/h8-11,13,20H,6-7,12,14H2,1-5H3/t20-/m0/s1. The van der Waals surface area contributed by atoms with Crippen LogP contribution in [-0.4, -0.2) is 47.8 Å². The van der Waals surface area contributed by atoms with Gasteiger partial charge in [-0.1, -0.05) is 17.3 Å². The third-order valence-corrected chi connectivity index (χ3v) is 5.83. The molecule has 0 aliphatic carbocycles. The minimum atomic E-state index is 0.202. The summed E-state index contributed by atoms with van der Waals surface area (Å²) in [5, 5.41) is 4.15. The Bertz CT molecular complexity index is 1010. The fraction of sp³-hybridized carbons (Fsp3) is 0.435. The Labute approximate surface area is 177 Å². The number of rotatable bonds is 6. The van der Waals surface area contributed by atoms with Crippen LogP contribution in [0.5, 0.6) is 5.75 Å². The van der Waals surface area contributed by atoms with E-state index in [1.807, 2.05) is 51.2 Å². The molecule has 1 aliphatic rings. The lowest BCUT2D eigenvalue weighted by Crippen LogP contribution is -2.25. The highest BCUT2D eigenvalue weighted by Gasteiger charge is 2.31. The zero-order valence-electron chi connectivity index (χ0n) is 18.3. The molecule has 7 nitrogen and oxygen atoms in total. The number of aromatic nitrogens is 3. The van der Waals surface area contributed by atoms with E-state index in [-0.39, 0.29) is 6.04 Å². The molecule has 0 unspecified atom stereocenters. The second kappa shape index (κ2) is 8.44. The lowest BCUT2D eigenvalue weighted by atomic mass is 10.0. The number of methoxy groups -OCH3 is 1. The van der Waals surface area contributed by atoms with Gasteiger partial charge in [-0.3, -0.25) is 4.90 Å². The molecule has 7 heteroatoms. The molecule has 3 aromatic rings. The van der Waals surface area contributed by atoms with Crippen LogP contribution in [0.3, 0.4) is 0 Å². The number of hydrogen-bond donors (Lipinski definition) is 0. The summed E-state index contributed by atoms with van der Waals surface area (Å²) in [6, 6.07) is 8.49. The summed E-state index contributed by atoms with van der Waals surface area (Å²) >= 11 is 0. The highest BCUT2D eigenvalue weighted by atomic mass is 16.5. The third kappa shape index (κ3) is 3.89. The zero-order valence-corrected chi connectivity index (χ0v) is 18.3. The second-order valence-corrected chi connectivity index (χ2v) is 8.06. The quantitative estimate of drug-likeness (QED) is 0.608. The molecule has 1 fully saturated rings. The van der Waals surface area contributed by atoms with Crippen molar-refractivity contribution in [2.45, 2.75) is 39.3 Å². The first-order valence-electron chi connectivity index (χ1n) is 10.3. The second-order valence-electron chi connectivity index (χ2n) is 8.06.